The molecule has 2 heterocycles. The van der Waals surface area contributed by atoms with Crippen LogP contribution in [0.1, 0.15) is 5.56 Å². The molecule has 1 aromatic carbocycles. The van der Waals surface area contributed by atoms with Gasteiger partial charge in [-0.05, 0) is 13.1 Å². The van der Waals surface area contributed by atoms with E-state index in [2.05, 4.69) is 11.4 Å². The number of nitrogens with one attached hydrogen (secondary N) is 1. The monoisotopic (exact) mass is 203 g/mol. The highest BCUT2D eigenvalue weighted by molar-refractivity contribution is 5.82. The molecule has 1 N–H and O–H groups in total. The van der Waals surface area contributed by atoms with Crippen LogP contribution >= 0.6 is 0 Å². The molecule has 3 rings (SSSR count). The maximum atomic E-state index is 5.54. The fraction of sp³-hybridized carbons (Fsp3) is 0.333. The molecule has 0 saturated carbocycles. The van der Waals surface area contributed by atoms with E-state index in [1.54, 1.807) is 0 Å². The maximum Gasteiger partial charge on any atom is 0.134 e. The topological polar surface area (TPSA) is 34.4 Å². The Labute approximate surface area is 88.0 Å². The highest BCUT2D eigenvalue weighted by atomic mass is 16.5. The number of likely N-dealkylation sites (N-methyl/N-ethyl adjacent to an activating group) is 1. The summed E-state index contributed by atoms with van der Waals surface area (Å²) in [5, 5.41) is 4.50. The SMILES string of the molecule is CNC1(c2coc3ccccc23)COC1. The molecule has 3 nitrogen and oxygen atoms in total. The van der Waals surface area contributed by atoms with Gasteiger partial charge in [0.15, 0.2) is 0 Å². The predicted octanol–water partition coefficient (Wildman–Crippen LogP) is 1.88. The van der Waals surface area contributed by atoms with Crippen molar-refractivity contribution in [2.24, 2.45) is 0 Å². The number of furan rings is 1. The number of ether oxygens (including phenoxy) is 1. The summed E-state index contributed by atoms with van der Waals surface area (Å²) < 4.78 is 10.8. The third-order valence-corrected chi connectivity index (χ3v) is 3.17. The molecule has 1 aliphatic rings. The van der Waals surface area contributed by atoms with E-state index in [1.165, 1.54) is 10.9 Å². The summed E-state index contributed by atoms with van der Waals surface area (Å²) in [6, 6.07) is 8.09. The second-order valence-electron chi connectivity index (χ2n) is 3.97. The van der Waals surface area contributed by atoms with Gasteiger partial charge in [-0.15, -0.1) is 0 Å². The highest BCUT2D eigenvalue weighted by Gasteiger charge is 2.41. The van der Waals surface area contributed by atoms with E-state index in [-0.39, 0.29) is 5.54 Å². The van der Waals surface area contributed by atoms with Crippen LogP contribution in [0.5, 0.6) is 0 Å². The minimum Gasteiger partial charge on any atom is -0.464 e. The summed E-state index contributed by atoms with van der Waals surface area (Å²) in [6.45, 7) is 1.43. The van der Waals surface area contributed by atoms with Crippen LogP contribution in [0.2, 0.25) is 0 Å². The second-order valence-corrected chi connectivity index (χ2v) is 3.97. The number of rotatable bonds is 2. The highest BCUT2D eigenvalue weighted by Crippen LogP contribution is 2.35. The van der Waals surface area contributed by atoms with E-state index in [0.29, 0.717) is 13.2 Å². The van der Waals surface area contributed by atoms with Gasteiger partial charge in [-0.3, -0.25) is 0 Å². The van der Waals surface area contributed by atoms with E-state index in [1.807, 2.05) is 31.5 Å². The van der Waals surface area contributed by atoms with E-state index in [9.17, 15) is 0 Å². The Morgan fingerprint density at radius 3 is 2.73 bits per heavy atom. The number of fused-ring (bicyclic) bond motifs is 1. The van der Waals surface area contributed by atoms with Crippen molar-refractivity contribution in [3.63, 3.8) is 0 Å². The number of para-hydroxylation sites is 1. The van der Waals surface area contributed by atoms with E-state index in [0.717, 1.165) is 5.58 Å². The van der Waals surface area contributed by atoms with E-state index < -0.39 is 0 Å². The fourth-order valence-corrected chi connectivity index (χ4v) is 2.09. The molecular weight excluding hydrogens is 190 g/mol. The maximum absolute atomic E-state index is 5.54. The molecule has 0 radical (unpaired) electrons. The third kappa shape index (κ3) is 1.14. The van der Waals surface area contributed by atoms with Crippen molar-refractivity contribution in [1.82, 2.24) is 5.32 Å². The first-order chi connectivity index (χ1) is 7.36. The lowest BCUT2D eigenvalue weighted by Gasteiger charge is -2.40. The molecular formula is C12H13NO2. The van der Waals surface area contributed by atoms with Gasteiger partial charge in [0.05, 0.1) is 25.0 Å². The lowest BCUT2D eigenvalue weighted by Crippen LogP contribution is -2.56. The number of hydrogen-bond acceptors (Lipinski definition) is 3. The van der Waals surface area contributed by atoms with Crippen LogP contribution in [0.15, 0.2) is 34.9 Å². The van der Waals surface area contributed by atoms with Crippen molar-refractivity contribution >= 4 is 11.0 Å². The Hall–Kier alpha value is -1.32. The van der Waals surface area contributed by atoms with Crippen LogP contribution in [0, 0.1) is 0 Å². The van der Waals surface area contributed by atoms with Crippen molar-refractivity contribution in [2.75, 3.05) is 20.3 Å². The minimum absolute atomic E-state index is 0.0490. The predicted molar refractivity (Wildman–Crippen MR) is 57.8 cm³/mol. The quantitative estimate of drug-likeness (QED) is 0.809. The Bertz CT molecular complexity index is 480. The van der Waals surface area contributed by atoms with Gasteiger partial charge in [0.25, 0.3) is 0 Å². The van der Waals surface area contributed by atoms with Gasteiger partial charge < -0.3 is 14.5 Å². The summed E-state index contributed by atoms with van der Waals surface area (Å²) in [5.41, 5.74) is 2.09. The fourth-order valence-electron chi connectivity index (χ4n) is 2.09. The van der Waals surface area contributed by atoms with Crippen molar-refractivity contribution in [3.05, 3.63) is 36.1 Å². The van der Waals surface area contributed by atoms with Crippen molar-refractivity contribution in [3.8, 4) is 0 Å². The minimum atomic E-state index is -0.0490. The Morgan fingerprint density at radius 2 is 2.07 bits per heavy atom. The smallest absolute Gasteiger partial charge is 0.134 e. The summed E-state index contributed by atoms with van der Waals surface area (Å²) in [5.74, 6) is 0. The van der Waals surface area contributed by atoms with Crippen LogP contribution in [-0.4, -0.2) is 20.3 Å². The third-order valence-electron chi connectivity index (χ3n) is 3.17. The zero-order valence-electron chi connectivity index (χ0n) is 8.62. The van der Waals surface area contributed by atoms with Gasteiger partial charge in [0, 0.05) is 10.9 Å². The lowest BCUT2D eigenvalue weighted by molar-refractivity contribution is -0.0743. The van der Waals surface area contributed by atoms with Gasteiger partial charge >= 0.3 is 0 Å². The van der Waals surface area contributed by atoms with Crippen LogP contribution in [-0.2, 0) is 10.3 Å². The summed E-state index contributed by atoms with van der Waals surface area (Å²) in [7, 11) is 1.96. The molecule has 0 spiro atoms. The zero-order chi connectivity index (χ0) is 10.3. The van der Waals surface area contributed by atoms with Crippen LogP contribution in [0.4, 0.5) is 0 Å². The Morgan fingerprint density at radius 1 is 1.27 bits per heavy atom. The lowest BCUT2D eigenvalue weighted by atomic mass is 9.88. The zero-order valence-corrected chi connectivity index (χ0v) is 8.62. The number of benzene rings is 1. The van der Waals surface area contributed by atoms with Gasteiger partial charge in [-0.25, -0.2) is 0 Å². The van der Waals surface area contributed by atoms with Gasteiger partial charge in [0.1, 0.15) is 5.58 Å². The first kappa shape index (κ1) is 8.95. The van der Waals surface area contributed by atoms with Gasteiger partial charge in [-0.1, -0.05) is 18.2 Å². The normalized spacial score (nSPS) is 19.0. The average Bonchev–Trinajstić information content (AvgIpc) is 2.62. The Kier molecular flexibility index (Phi) is 1.84. The van der Waals surface area contributed by atoms with Crippen LogP contribution in [0.3, 0.4) is 0 Å². The molecule has 0 amide bonds. The summed E-state index contributed by atoms with van der Waals surface area (Å²) in [4.78, 5) is 0. The average molecular weight is 203 g/mol. The second kappa shape index (κ2) is 3.08. The molecule has 2 aromatic rings. The summed E-state index contributed by atoms with van der Waals surface area (Å²) >= 11 is 0. The molecule has 1 aliphatic heterocycles. The van der Waals surface area contributed by atoms with E-state index >= 15 is 0 Å². The van der Waals surface area contributed by atoms with Crippen molar-refractivity contribution in [1.29, 1.82) is 0 Å². The van der Waals surface area contributed by atoms with Crippen molar-refractivity contribution < 1.29 is 9.15 Å². The molecule has 3 heteroatoms. The summed E-state index contributed by atoms with van der Waals surface area (Å²) in [6.07, 6.45) is 1.84. The molecule has 0 unspecified atom stereocenters. The molecule has 0 atom stereocenters. The van der Waals surface area contributed by atoms with Crippen LogP contribution < -0.4 is 5.32 Å². The molecule has 15 heavy (non-hydrogen) atoms. The van der Waals surface area contributed by atoms with E-state index in [4.69, 9.17) is 9.15 Å². The van der Waals surface area contributed by atoms with Crippen molar-refractivity contribution in [2.45, 2.75) is 5.54 Å². The molecule has 78 valence electrons. The molecule has 0 aliphatic carbocycles. The first-order valence-electron chi connectivity index (χ1n) is 5.09. The standard InChI is InChI=1S/C12H13NO2/c1-13-12(7-14-8-12)10-6-15-11-5-3-2-4-9(10)11/h2-6,13H,7-8H2,1H3. The van der Waals surface area contributed by atoms with Gasteiger partial charge in [0.2, 0.25) is 0 Å². The van der Waals surface area contributed by atoms with Gasteiger partial charge in [-0.2, -0.15) is 0 Å². The number of hydrogen-bond donors (Lipinski definition) is 1. The Balaban J connectivity index is 2.18. The molecule has 1 saturated heterocycles. The molecule has 1 aromatic heterocycles. The largest absolute Gasteiger partial charge is 0.464 e. The molecule has 0 bridgehead atoms. The first-order valence-corrected chi connectivity index (χ1v) is 5.09. The van der Waals surface area contributed by atoms with Crippen LogP contribution in [0.25, 0.3) is 11.0 Å². The molecule has 1 fully saturated rings.